The number of carboxylic acid groups (broad SMARTS) is 1. The number of carboxylic acids is 1. The third-order valence-electron chi connectivity index (χ3n) is 2.00. The van der Waals surface area contributed by atoms with E-state index in [1.807, 2.05) is 31.2 Å². The lowest BCUT2D eigenvalue weighted by molar-refractivity contribution is -0.137. The molecule has 1 atom stereocenters. The maximum absolute atomic E-state index is 10.6. The molecule has 1 aromatic carbocycles. The average Bonchev–Trinajstić information content (AvgIpc) is 2.16. The van der Waals surface area contributed by atoms with E-state index in [-0.39, 0.29) is 6.42 Å². The van der Waals surface area contributed by atoms with Crippen LogP contribution in [0.15, 0.2) is 29.3 Å². The monoisotopic (exact) mass is 221 g/mol. The average molecular weight is 221 g/mol. The number of aryl methyl sites for hydroxylation is 1. The van der Waals surface area contributed by atoms with Crippen LogP contribution in [0.2, 0.25) is 0 Å². The molecule has 1 N–H and O–H groups in total. The number of aliphatic imine (C=N–C) groups is 1. The zero-order valence-electron chi connectivity index (χ0n) is 8.30. The highest BCUT2D eigenvalue weighted by Gasteiger charge is 2.13. The molecule has 4 heteroatoms. The number of nitrogens with zero attached hydrogens (tertiary/aromatic N) is 1. The topological polar surface area (TPSA) is 49.7 Å². The van der Waals surface area contributed by atoms with Gasteiger partial charge in [-0.3, -0.25) is 4.79 Å². The van der Waals surface area contributed by atoms with Crippen LogP contribution in [0.5, 0.6) is 0 Å². The fourth-order valence-corrected chi connectivity index (χ4v) is 1.47. The molecular formula is C11H11NO2S. The first kappa shape index (κ1) is 11.6. The number of thiocarbonyl (C=S) groups is 1. The number of hydrogen-bond acceptors (Lipinski definition) is 3. The van der Waals surface area contributed by atoms with Crippen LogP contribution in [0.3, 0.4) is 0 Å². The van der Waals surface area contributed by atoms with Gasteiger partial charge in [0.05, 0.1) is 17.6 Å². The minimum absolute atomic E-state index is 0.0624. The van der Waals surface area contributed by atoms with E-state index in [9.17, 15) is 4.79 Å². The molecule has 0 spiro atoms. The van der Waals surface area contributed by atoms with Crippen LogP contribution in [-0.2, 0) is 4.79 Å². The van der Waals surface area contributed by atoms with Crippen LogP contribution in [0.4, 0.5) is 0 Å². The summed E-state index contributed by atoms with van der Waals surface area (Å²) in [5.41, 5.74) is 1.93. The molecule has 0 radical (unpaired) electrons. The predicted molar refractivity (Wildman–Crippen MR) is 61.2 cm³/mol. The molecule has 1 aromatic rings. The van der Waals surface area contributed by atoms with E-state index in [1.54, 1.807) is 0 Å². The van der Waals surface area contributed by atoms with Crippen molar-refractivity contribution in [1.82, 2.24) is 0 Å². The van der Waals surface area contributed by atoms with Crippen molar-refractivity contribution in [1.29, 1.82) is 0 Å². The van der Waals surface area contributed by atoms with Crippen molar-refractivity contribution in [3.8, 4) is 0 Å². The summed E-state index contributed by atoms with van der Waals surface area (Å²) < 4.78 is 0. The van der Waals surface area contributed by atoms with Gasteiger partial charge in [0.25, 0.3) is 0 Å². The molecule has 0 fully saturated rings. The van der Waals surface area contributed by atoms with Gasteiger partial charge in [0, 0.05) is 0 Å². The van der Waals surface area contributed by atoms with Crippen LogP contribution in [0.1, 0.15) is 23.6 Å². The van der Waals surface area contributed by atoms with E-state index in [0.717, 1.165) is 11.1 Å². The molecule has 3 nitrogen and oxygen atoms in total. The van der Waals surface area contributed by atoms with E-state index in [1.165, 1.54) is 0 Å². The Kier molecular flexibility index (Phi) is 4.16. The second kappa shape index (κ2) is 5.39. The maximum atomic E-state index is 10.6. The number of isothiocyanates is 1. The van der Waals surface area contributed by atoms with E-state index in [2.05, 4.69) is 22.4 Å². The smallest absolute Gasteiger partial charge is 0.305 e. The second-order valence-corrected chi connectivity index (χ2v) is 3.43. The summed E-state index contributed by atoms with van der Waals surface area (Å²) in [4.78, 5) is 14.5. The Morgan fingerprint density at radius 2 is 2.40 bits per heavy atom. The van der Waals surface area contributed by atoms with Crippen LogP contribution in [0.25, 0.3) is 0 Å². The first-order valence-electron chi connectivity index (χ1n) is 4.49. The Balaban J connectivity index is 2.98. The largest absolute Gasteiger partial charge is 0.481 e. The second-order valence-electron chi connectivity index (χ2n) is 3.25. The Morgan fingerprint density at radius 3 is 2.93 bits per heavy atom. The number of rotatable bonds is 4. The Morgan fingerprint density at radius 1 is 1.67 bits per heavy atom. The third-order valence-corrected chi connectivity index (χ3v) is 2.11. The maximum Gasteiger partial charge on any atom is 0.305 e. The minimum Gasteiger partial charge on any atom is -0.481 e. The highest BCUT2D eigenvalue weighted by Crippen LogP contribution is 2.21. The Labute approximate surface area is 93.5 Å². The highest BCUT2D eigenvalue weighted by molar-refractivity contribution is 7.78. The highest BCUT2D eigenvalue weighted by atomic mass is 32.1. The van der Waals surface area contributed by atoms with Gasteiger partial charge >= 0.3 is 5.97 Å². The molecule has 0 saturated heterocycles. The number of benzene rings is 1. The van der Waals surface area contributed by atoms with Crippen molar-refractivity contribution in [3.05, 3.63) is 35.4 Å². The summed E-state index contributed by atoms with van der Waals surface area (Å²) in [6, 6.07) is 7.14. The SMILES string of the molecule is Cc1cccc(C(CC(=O)O)N=C=S)c1. The lowest BCUT2D eigenvalue weighted by Crippen LogP contribution is -2.04. The Hall–Kier alpha value is -1.51. The van der Waals surface area contributed by atoms with Gasteiger partial charge in [-0.1, -0.05) is 29.8 Å². The van der Waals surface area contributed by atoms with Crippen LogP contribution in [0, 0.1) is 6.92 Å². The van der Waals surface area contributed by atoms with E-state index < -0.39 is 12.0 Å². The summed E-state index contributed by atoms with van der Waals surface area (Å²) in [5, 5.41) is 11.0. The minimum atomic E-state index is -0.893. The van der Waals surface area contributed by atoms with Gasteiger partial charge in [-0.25, -0.2) is 4.99 Å². The predicted octanol–water partition coefficient (Wildman–Crippen LogP) is 2.61. The zero-order valence-corrected chi connectivity index (χ0v) is 9.12. The van der Waals surface area contributed by atoms with Gasteiger partial charge in [-0.15, -0.1) is 0 Å². The summed E-state index contributed by atoms with van der Waals surface area (Å²) in [6.07, 6.45) is -0.0624. The molecule has 0 aromatic heterocycles. The van der Waals surface area contributed by atoms with Crippen LogP contribution < -0.4 is 0 Å². The summed E-state index contributed by atoms with van der Waals surface area (Å²) in [5.74, 6) is -0.893. The normalized spacial score (nSPS) is 11.5. The molecule has 0 heterocycles. The van der Waals surface area contributed by atoms with Crippen LogP contribution >= 0.6 is 12.2 Å². The molecule has 15 heavy (non-hydrogen) atoms. The van der Waals surface area contributed by atoms with E-state index in [4.69, 9.17) is 5.11 Å². The van der Waals surface area contributed by atoms with Gasteiger partial charge in [-0.2, -0.15) is 0 Å². The van der Waals surface area contributed by atoms with Gasteiger partial charge in [-0.05, 0) is 24.7 Å². The van der Waals surface area contributed by atoms with Crippen LogP contribution in [-0.4, -0.2) is 16.2 Å². The van der Waals surface area contributed by atoms with E-state index in [0.29, 0.717) is 0 Å². The van der Waals surface area contributed by atoms with E-state index >= 15 is 0 Å². The quantitative estimate of drug-likeness (QED) is 0.628. The molecule has 0 bridgehead atoms. The van der Waals surface area contributed by atoms with Crippen molar-refractivity contribution in [3.63, 3.8) is 0 Å². The van der Waals surface area contributed by atoms with Crippen molar-refractivity contribution >= 4 is 23.3 Å². The molecule has 0 aliphatic carbocycles. The van der Waals surface area contributed by atoms with Gasteiger partial charge in [0.1, 0.15) is 0 Å². The molecule has 1 unspecified atom stereocenters. The van der Waals surface area contributed by atoms with Crippen molar-refractivity contribution < 1.29 is 9.90 Å². The standard InChI is InChI=1S/C11H11NO2S/c1-8-3-2-4-9(5-8)10(12-7-15)6-11(13)14/h2-5,10H,6H2,1H3,(H,13,14). The van der Waals surface area contributed by atoms with Crippen molar-refractivity contribution in [2.45, 2.75) is 19.4 Å². The van der Waals surface area contributed by atoms with Gasteiger partial charge < -0.3 is 5.11 Å². The third kappa shape index (κ3) is 3.62. The van der Waals surface area contributed by atoms with Gasteiger partial charge in [0.15, 0.2) is 0 Å². The zero-order chi connectivity index (χ0) is 11.3. The first-order chi connectivity index (χ1) is 7.13. The van der Waals surface area contributed by atoms with Gasteiger partial charge in [0.2, 0.25) is 0 Å². The molecule has 78 valence electrons. The fraction of sp³-hybridized carbons (Fsp3) is 0.273. The fourth-order valence-electron chi connectivity index (χ4n) is 1.34. The molecule has 0 aliphatic heterocycles. The number of aliphatic carboxylic acids is 1. The molecule has 0 saturated carbocycles. The molecule has 0 aliphatic rings. The summed E-state index contributed by atoms with van der Waals surface area (Å²) in [6.45, 7) is 1.95. The molecule has 0 amide bonds. The summed E-state index contributed by atoms with van der Waals surface area (Å²) in [7, 11) is 0. The number of carbonyl (C=O) groups is 1. The van der Waals surface area contributed by atoms with Crippen molar-refractivity contribution in [2.75, 3.05) is 0 Å². The molecular weight excluding hydrogens is 210 g/mol. The lowest BCUT2D eigenvalue weighted by Gasteiger charge is -2.09. The lowest BCUT2D eigenvalue weighted by atomic mass is 10.0. The summed E-state index contributed by atoms with van der Waals surface area (Å²) >= 11 is 4.50. The number of hydrogen-bond donors (Lipinski definition) is 1. The van der Waals surface area contributed by atoms with Crippen molar-refractivity contribution in [2.24, 2.45) is 4.99 Å². The molecule has 1 rings (SSSR count). The first-order valence-corrected chi connectivity index (χ1v) is 4.89. The Bertz CT molecular complexity index is 411.